The molecular weight excluding hydrogens is 511 g/mol. The van der Waals surface area contributed by atoms with Crippen molar-refractivity contribution in [3.63, 3.8) is 0 Å². The fraction of sp³-hybridized carbons (Fsp3) is 1.00. The first-order chi connectivity index (χ1) is 13.4. The number of unbranched alkanes of at least 4 members (excludes halogenated alkanes) is 6. The van der Waals surface area contributed by atoms with Gasteiger partial charge in [0.15, 0.2) is 13.0 Å². The Morgan fingerprint density at radius 3 is 1.18 bits per heavy atom. The van der Waals surface area contributed by atoms with Gasteiger partial charge in [-0.2, -0.15) is 0 Å². The van der Waals surface area contributed by atoms with Crippen molar-refractivity contribution in [1.82, 2.24) is 0 Å². The second kappa shape index (κ2) is 20.2. The summed E-state index contributed by atoms with van der Waals surface area (Å²) in [4.78, 5) is 0. The summed E-state index contributed by atoms with van der Waals surface area (Å²) in [5, 5.41) is 0. The maximum atomic E-state index is 5.37. The van der Waals surface area contributed by atoms with E-state index in [-0.39, 0.29) is 0 Å². The van der Waals surface area contributed by atoms with Gasteiger partial charge in [0.25, 0.3) is 0 Å². The van der Waals surface area contributed by atoms with Crippen LogP contribution >= 0.6 is 54.2 Å². The highest BCUT2D eigenvalue weighted by Gasteiger charge is 2.14. The molecule has 0 amide bonds. The Morgan fingerprint density at radius 2 is 0.857 bits per heavy atom. The highest BCUT2D eigenvalue weighted by atomic mass is 33.7. The van der Waals surface area contributed by atoms with Gasteiger partial charge in [-0.15, -0.1) is 0 Å². The Labute approximate surface area is 198 Å². The van der Waals surface area contributed by atoms with E-state index >= 15 is 0 Å². The lowest BCUT2D eigenvalue weighted by Gasteiger charge is -2.17. The molecule has 0 aliphatic rings. The molecule has 0 bridgehead atoms. The minimum Gasteiger partial charge on any atom is -0.333 e. The summed E-state index contributed by atoms with van der Waals surface area (Å²) in [5.41, 5.74) is 0. The molecule has 0 rings (SSSR count). The fourth-order valence-electron chi connectivity index (χ4n) is 2.26. The normalized spacial score (nSPS) is 12.6. The third-order valence-electron chi connectivity index (χ3n) is 4.06. The van der Waals surface area contributed by atoms with Crippen LogP contribution in [0, 0.1) is 0 Å². The first-order valence-corrected chi connectivity index (χ1v) is 20.2. The van der Waals surface area contributed by atoms with E-state index in [0.29, 0.717) is 0 Å². The van der Waals surface area contributed by atoms with Crippen molar-refractivity contribution in [3.8, 4) is 0 Å². The quantitative estimate of drug-likeness (QED) is 0.0803. The molecule has 0 atom stereocenters. The van der Waals surface area contributed by atoms with Crippen molar-refractivity contribution >= 4 is 77.8 Å². The molecule has 0 aromatic rings. The van der Waals surface area contributed by atoms with Gasteiger partial charge in [-0.25, -0.2) is 0 Å². The van der Waals surface area contributed by atoms with Gasteiger partial charge in [-0.1, -0.05) is 47.3 Å². The van der Waals surface area contributed by atoms with Gasteiger partial charge in [-0.05, 0) is 68.9 Å². The van der Waals surface area contributed by atoms with Crippen LogP contribution in [0.4, 0.5) is 0 Å². The fourth-order valence-corrected chi connectivity index (χ4v) is 11.5. The van der Waals surface area contributed by atoms with Crippen molar-refractivity contribution in [2.24, 2.45) is 0 Å². The summed E-state index contributed by atoms with van der Waals surface area (Å²) in [6.45, 7) is -3.95. The molecule has 0 fully saturated rings. The maximum Gasteiger partial charge on any atom is 0.188 e. The van der Waals surface area contributed by atoms with Crippen molar-refractivity contribution in [1.29, 1.82) is 0 Å². The number of rotatable bonds is 21. The molecule has 0 aromatic carbocycles. The van der Waals surface area contributed by atoms with E-state index in [4.69, 9.17) is 41.7 Å². The average Bonchev–Trinajstić information content (AvgIpc) is 2.72. The summed E-state index contributed by atoms with van der Waals surface area (Å²) < 4.78 is 21.2. The predicted octanol–water partition coefficient (Wildman–Crippen LogP) is 7.99. The molecule has 12 heteroatoms. The molecule has 0 radical (unpaired) electrons. The van der Waals surface area contributed by atoms with Gasteiger partial charge in [0.05, 0.1) is 0 Å². The second-order valence-electron chi connectivity index (χ2n) is 6.01. The molecule has 0 spiro atoms. The topological polar surface area (TPSA) is 36.9 Å². The summed E-state index contributed by atoms with van der Waals surface area (Å²) in [5.74, 6) is 2.43. The van der Waals surface area contributed by atoms with Crippen molar-refractivity contribution in [3.05, 3.63) is 0 Å². The Kier molecular flexibility index (Phi) is 22.0. The smallest absolute Gasteiger partial charge is 0.188 e. The summed E-state index contributed by atoms with van der Waals surface area (Å²) in [6, 6.07) is 0. The van der Waals surface area contributed by atoms with Crippen LogP contribution in [-0.4, -0.2) is 52.3 Å². The maximum absolute atomic E-state index is 5.37. The van der Waals surface area contributed by atoms with Crippen LogP contribution in [0.5, 0.6) is 0 Å². The van der Waals surface area contributed by atoms with E-state index in [1.54, 1.807) is 28.4 Å². The predicted molar refractivity (Wildman–Crippen MR) is 143 cm³/mol. The molecule has 0 aliphatic carbocycles. The van der Waals surface area contributed by atoms with E-state index in [2.05, 4.69) is 0 Å². The van der Waals surface area contributed by atoms with E-state index < -0.39 is 13.0 Å². The van der Waals surface area contributed by atoms with Gasteiger partial charge < -0.3 is 18.1 Å². The lowest BCUT2D eigenvalue weighted by Crippen LogP contribution is -1.94. The number of hydrogen-bond donors (Lipinski definition) is 0. The third kappa shape index (κ3) is 17.1. The van der Waals surface area contributed by atoms with Crippen LogP contribution in [0.25, 0.3) is 0 Å². The largest absolute Gasteiger partial charge is 0.333 e. The highest BCUT2D eigenvalue weighted by Crippen LogP contribution is 2.48. The Hall–Kier alpha value is 2.54. The Morgan fingerprint density at radius 1 is 0.536 bits per heavy atom. The van der Waals surface area contributed by atoms with Crippen LogP contribution in [-0.2, 0) is 41.7 Å². The van der Waals surface area contributed by atoms with Gasteiger partial charge in [0.1, 0.15) is 0 Å². The molecule has 0 aliphatic heterocycles. The third-order valence-corrected chi connectivity index (χ3v) is 17.5. The van der Waals surface area contributed by atoms with Crippen LogP contribution in [0.3, 0.4) is 0 Å². The zero-order valence-electron chi connectivity index (χ0n) is 17.5. The monoisotopic (exact) mass is 546 g/mol. The number of hydrogen-bond acceptors (Lipinski definition) is 10. The van der Waals surface area contributed by atoms with Crippen LogP contribution in [0.2, 0.25) is 0 Å². The second-order valence-corrected chi connectivity index (χ2v) is 20.4. The highest BCUT2D eigenvalue weighted by molar-refractivity contribution is 9.26. The Balaban J connectivity index is 3.28. The summed E-state index contributed by atoms with van der Waals surface area (Å²) >= 11 is 10.7. The molecule has 0 N–H and O–H groups in total. The molecular formula is C16H36O4P2S6. The van der Waals surface area contributed by atoms with Crippen LogP contribution in [0.15, 0.2) is 0 Å². The van der Waals surface area contributed by atoms with Gasteiger partial charge in [-0.3, -0.25) is 0 Å². The lowest BCUT2D eigenvalue weighted by atomic mass is 10.2. The molecule has 0 saturated carbocycles. The lowest BCUT2D eigenvalue weighted by molar-refractivity contribution is 0.335. The summed E-state index contributed by atoms with van der Waals surface area (Å²) in [6.07, 6.45) is 11.5. The van der Waals surface area contributed by atoms with E-state index in [0.717, 1.165) is 25.2 Å². The van der Waals surface area contributed by atoms with Gasteiger partial charge >= 0.3 is 0 Å². The SMILES string of the molecule is COP(=S)(CCCCCCSSSSCCCCCCP(=S)(OC)OC)OC. The zero-order valence-corrected chi connectivity index (χ0v) is 24.2. The van der Waals surface area contributed by atoms with E-state index in [1.165, 1.54) is 50.0 Å². The molecule has 0 unspecified atom stereocenters. The molecule has 170 valence electrons. The first kappa shape index (κ1) is 30.5. The molecule has 28 heavy (non-hydrogen) atoms. The molecule has 0 heterocycles. The van der Waals surface area contributed by atoms with Crippen molar-refractivity contribution in [2.45, 2.75) is 51.4 Å². The molecule has 0 aromatic heterocycles. The Bertz CT molecular complexity index is 403. The zero-order chi connectivity index (χ0) is 21.1. The van der Waals surface area contributed by atoms with Crippen molar-refractivity contribution in [2.75, 3.05) is 52.3 Å². The average molecular weight is 547 g/mol. The first-order valence-electron chi connectivity index (χ1n) is 9.44. The molecule has 4 nitrogen and oxygen atoms in total. The summed E-state index contributed by atoms with van der Waals surface area (Å²) in [7, 11) is 14.4. The minimum atomic E-state index is -1.97. The minimum absolute atomic E-state index is 0.887. The van der Waals surface area contributed by atoms with Crippen LogP contribution in [0.1, 0.15) is 51.4 Å². The van der Waals surface area contributed by atoms with Crippen molar-refractivity contribution < 1.29 is 18.1 Å². The molecule has 0 saturated heterocycles. The van der Waals surface area contributed by atoms with Crippen LogP contribution < -0.4 is 0 Å². The van der Waals surface area contributed by atoms with E-state index in [9.17, 15) is 0 Å². The van der Waals surface area contributed by atoms with Gasteiger partial charge in [0.2, 0.25) is 0 Å². The van der Waals surface area contributed by atoms with Gasteiger partial charge in [0, 0.05) is 52.3 Å². The van der Waals surface area contributed by atoms with E-state index in [1.807, 2.05) is 41.2 Å². The standard InChI is InChI=1S/C16H36O4P2S6/c1-17-21(23,18-2)13-9-5-7-11-15-25-27-28-26-16-12-8-6-10-14-22(24,19-3)20-4/h5-16H2,1-4H3.